The first-order valence-corrected chi connectivity index (χ1v) is 14.1. The minimum atomic E-state index is -0.448. The van der Waals surface area contributed by atoms with Gasteiger partial charge in [-0.25, -0.2) is 0 Å². The van der Waals surface area contributed by atoms with Gasteiger partial charge in [-0.3, -0.25) is 0 Å². The van der Waals surface area contributed by atoms with Crippen molar-refractivity contribution in [1.29, 1.82) is 0 Å². The highest BCUT2D eigenvalue weighted by molar-refractivity contribution is 9.10. The van der Waals surface area contributed by atoms with Crippen LogP contribution in [0.1, 0.15) is 54.2 Å². The summed E-state index contributed by atoms with van der Waals surface area (Å²) in [4.78, 5) is 0. The first-order valence-electron chi connectivity index (χ1n) is 13.3. The Morgan fingerprint density at radius 3 is 1.85 bits per heavy atom. The van der Waals surface area contributed by atoms with E-state index in [1.807, 2.05) is 30.3 Å². The van der Waals surface area contributed by atoms with Crippen LogP contribution in [0.5, 0.6) is 11.5 Å². The molecule has 0 saturated carbocycles. The summed E-state index contributed by atoms with van der Waals surface area (Å²) in [6.07, 6.45) is 1.84. The van der Waals surface area contributed by atoms with E-state index >= 15 is 0 Å². The van der Waals surface area contributed by atoms with Gasteiger partial charge >= 0.3 is 0 Å². The Labute approximate surface area is 240 Å². The Bertz CT molecular complexity index is 1660. The van der Waals surface area contributed by atoms with Crippen LogP contribution < -0.4 is 4.74 Å². The summed E-state index contributed by atoms with van der Waals surface area (Å²) in [6.45, 7) is 10.6. The zero-order valence-electron chi connectivity index (χ0n) is 22.5. The van der Waals surface area contributed by atoms with Crippen molar-refractivity contribution < 1.29 is 4.74 Å². The number of hydrogen-bond acceptors (Lipinski definition) is 1. The molecular weight excluding hydrogens is 540 g/mol. The van der Waals surface area contributed by atoms with Crippen molar-refractivity contribution in [1.82, 2.24) is 0 Å². The molecule has 0 N–H and O–H groups in total. The van der Waals surface area contributed by atoms with Crippen LogP contribution in [-0.4, -0.2) is 0 Å². The Morgan fingerprint density at radius 2 is 1.23 bits per heavy atom. The summed E-state index contributed by atoms with van der Waals surface area (Å²) >= 11 is 3.78. The molecule has 39 heavy (non-hydrogen) atoms. The third-order valence-electron chi connectivity index (χ3n) is 7.83. The molecular formula is C37H31BrO. The molecule has 0 heterocycles. The van der Waals surface area contributed by atoms with E-state index in [2.05, 4.69) is 134 Å². The molecule has 5 aromatic rings. The molecule has 0 radical (unpaired) electrons. The summed E-state index contributed by atoms with van der Waals surface area (Å²) in [5.74, 6) is 1.62. The van der Waals surface area contributed by atoms with Crippen LogP contribution in [-0.2, 0) is 10.8 Å². The summed E-state index contributed by atoms with van der Waals surface area (Å²) < 4.78 is 7.28. The monoisotopic (exact) mass is 570 g/mol. The quantitative estimate of drug-likeness (QED) is 0.200. The molecule has 0 bridgehead atoms. The molecule has 5 aromatic carbocycles. The second-order valence-electron chi connectivity index (χ2n) is 11.2. The molecule has 0 aromatic heterocycles. The lowest BCUT2D eigenvalue weighted by Crippen LogP contribution is -2.28. The van der Waals surface area contributed by atoms with E-state index in [1.165, 1.54) is 38.9 Å². The van der Waals surface area contributed by atoms with Crippen molar-refractivity contribution in [2.45, 2.75) is 31.6 Å². The van der Waals surface area contributed by atoms with Gasteiger partial charge in [-0.05, 0) is 86.3 Å². The number of hydrogen-bond donors (Lipinski definition) is 0. The second kappa shape index (κ2) is 9.70. The number of rotatable bonds is 5. The summed E-state index contributed by atoms with van der Waals surface area (Å²) in [5, 5.41) is 0. The first kappa shape index (κ1) is 25.4. The molecule has 1 aliphatic rings. The molecule has 0 saturated heterocycles. The van der Waals surface area contributed by atoms with E-state index in [-0.39, 0.29) is 5.41 Å². The lowest BCUT2D eigenvalue weighted by molar-refractivity contribution is 0.482. The molecule has 0 spiro atoms. The lowest BCUT2D eigenvalue weighted by Gasteiger charge is -2.34. The Balaban J connectivity index is 1.53. The average molecular weight is 572 g/mol. The van der Waals surface area contributed by atoms with Crippen molar-refractivity contribution in [2.24, 2.45) is 0 Å². The number of ether oxygens (including phenoxy) is 1. The zero-order valence-corrected chi connectivity index (χ0v) is 24.1. The third kappa shape index (κ3) is 4.33. The van der Waals surface area contributed by atoms with E-state index in [0.717, 1.165) is 21.5 Å². The summed E-state index contributed by atoms with van der Waals surface area (Å²) in [6, 6.07) is 41.3. The van der Waals surface area contributed by atoms with Crippen LogP contribution in [0.25, 0.3) is 17.2 Å². The van der Waals surface area contributed by atoms with Crippen LogP contribution in [0.2, 0.25) is 0 Å². The highest BCUT2D eigenvalue weighted by atomic mass is 79.9. The van der Waals surface area contributed by atoms with Gasteiger partial charge in [0.1, 0.15) is 11.5 Å². The van der Waals surface area contributed by atoms with E-state index in [4.69, 9.17) is 4.74 Å². The van der Waals surface area contributed by atoms with Gasteiger partial charge in [-0.15, -0.1) is 0 Å². The van der Waals surface area contributed by atoms with Crippen molar-refractivity contribution >= 4 is 22.0 Å². The predicted octanol–water partition coefficient (Wildman–Crippen LogP) is 10.5. The maximum absolute atomic E-state index is 6.20. The normalized spacial score (nSPS) is 15.9. The van der Waals surface area contributed by atoms with Gasteiger partial charge in [0, 0.05) is 4.47 Å². The number of fused-ring (bicyclic) bond motifs is 3. The van der Waals surface area contributed by atoms with Crippen LogP contribution in [0.15, 0.2) is 126 Å². The van der Waals surface area contributed by atoms with E-state index in [9.17, 15) is 0 Å². The maximum atomic E-state index is 6.20. The summed E-state index contributed by atoms with van der Waals surface area (Å²) in [7, 11) is 0. The first-order chi connectivity index (χ1) is 18.8. The van der Waals surface area contributed by atoms with Gasteiger partial charge in [-0.1, -0.05) is 128 Å². The van der Waals surface area contributed by atoms with Crippen LogP contribution in [0, 0.1) is 0 Å². The van der Waals surface area contributed by atoms with Gasteiger partial charge in [0.2, 0.25) is 0 Å². The van der Waals surface area contributed by atoms with Crippen molar-refractivity contribution in [3.63, 3.8) is 0 Å². The Kier molecular flexibility index (Phi) is 6.32. The topological polar surface area (TPSA) is 9.23 Å². The van der Waals surface area contributed by atoms with Crippen LogP contribution in [0.4, 0.5) is 0 Å². The average Bonchev–Trinajstić information content (AvgIpc) is 3.24. The van der Waals surface area contributed by atoms with E-state index < -0.39 is 5.41 Å². The molecule has 1 atom stereocenters. The largest absolute Gasteiger partial charge is 0.457 e. The van der Waals surface area contributed by atoms with Crippen molar-refractivity contribution in [3.05, 3.63) is 160 Å². The SMILES string of the molecule is C=Cc1ccc(Oc2ccc(C3(c4ccc(C(C)(C)C)cc4)c4ccccc4-c4ccc(Br)cc43)cc2)cc1. The van der Waals surface area contributed by atoms with Crippen molar-refractivity contribution in [3.8, 4) is 22.6 Å². The number of halogens is 1. The van der Waals surface area contributed by atoms with Gasteiger partial charge in [-0.2, -0.15) is 0 Å². The van der Waals surface area contributed by atoms with Crippen LogP contribution in [0.3, 0.4) is 0 Å². The van der Waals surface area contributed by atoms with E-state index in [0.29, 0.717) is 0 Å². The fourth-order valence-electron chi connectivity index (χ4n) is 5.84. The molecule has 192 valence electrons. The standard InChI is InChI=1S/C37H31BrO/c1-5-25-10-19-30(20-11-25)39-31-21-16-28(17-22-31)37(27-14-12-26(13-15-27)36(2,3)4)34-9-7-6-8-32(34)33-23-18-29(38)24-35(33)37/h5-24H,1H2,2-4H3. The van der Waals surface area contributed by atoms with Crippen LogP contribution >= 0.6 is 15.9 Å². The van der Waals surface area contributed by atoms with Gasteiger partial charge in [0.25, 0.3) is 0 Å². The molecule has 6 rings (SSSR count). The van der Waals surface area contributed by atoms with E-state index in [1.54, 1.807) is 0 Å². The smallest absolute Gasteiger partial charge is 0.127 e. The molecule has 0 aliphatic heterocycles. The van der Waals surface area contributed by atoms with Gasteiger partial charge in [0.15, 0.2) is 0 Å². The number of benzene rings is 5. The second-order valence-corrected chi connectivity index (χ2v) is 12.1. The summed E-state index contributed by atoms with van der Waals surface area (Å²) in [5.41, 5.74) is 9.65. The van der Waals surface area contributed by atoms with Crippen molar-refractivity contribution in [2.75, 3.05) is 0 Å². The lowest BCUT2D eigenvalue weighted by atomic mass is 9.67. The minimum absolute atomic E-state index is 0.0864. The molecule has 1 unspecified atom stereocenters. The predicted molar refractivity (Wildman–Crippen MR) is 167 cm³/mol. The Hall–Kier alpha value is -3.88. The molecule has 0 fully saturated rings. The van der Waals surface area contributed by atoms with Gasteiger partial charge < -0.3 is 4.74 Å². The third-order valence-corrected chi connectivity index (χ3v) is 8.32. The maximum Gasteiger partial charge on any atom is 0.127 e. The van der Waals surface area contributed by atoms with Gasteiger partial charge in [0.05, 0.1) is 5.41 Å². The highest BCUT2D eigenvalue weighted by Crippen LogP contribution is 2.56. The minimum Gasteiger partial charge on any atom is -0.457 e. The fourth-order valence-corrected chi connectivity index (χ4v) is 6.20. The Morgan fingerprint density at radius 1 is 0.667 bits per heavy atom. The molecule has 1 aliphatic carbocycles. The highest BCUT2D eigenvalue weighted by Gasteiger charge is 2.46. The molecule has 0 amide bonds. The molecule has 1 nitrogen and oxygen atoms in total. The molecule has 2 heteroatoms. The fraction of sp³-hybridized carbons (Fsp3) is 0.135. The zero-order chi connectivity index (χ0) is 27.2.